The van der Waals surface area contributed by atoms with E-state index in [-0.39, 0.29) is 48.2 Å². The van der Waals surface area contributed by atoms with Crippen molar-refractivity contribution < 1.29 is 29.3 Å². The summed E-state index contributed by atoms with van der Waals surface area (Å²) >= 11 is 0. The van der Waals surface area contributed by atoms with Crippen molar-refractivity contribution in [3.05, 3.63) is 23.3 Å². The van der Waals surface area contributed by atoms with E-state index in [1.165, 1.54) is 12.1 Å². The maximum atomic E-state index is 11.1. The van der Waals surface area contributed by atoms with Crippen molar-refractivity contribution in [1.29, 1.82) is 0 Å². The minimum atomic E-state index is -1.20. The van der Waals surface area contributed by atoms with Crippen LogP contribution in [0.1, 0.15) is 34.6 Å². The van der Waals surface area contributed by atoms with Gasteiger partial charge in [-0.3, -0.25) is 0 Å². The molecule has 0 aromatic heterocycles. The molecule has 0 aliphatic heterocycles. The Morgan fingerprint density at radius 2 is 1.26 bits per heavy atom. The summed E-state index contributed by atoms with van der Waals surface area (Å²) in [6.07, 6.45) is 0. The average Bonchev–Trinajstić information content (AvgIpc) is 2.30. The van der Waals surface area contributed by atoms with Crippen LogP contribution in [-0.2, 0) is 0 Å². The number of halogens is 1. The molecule has 0 aliphatic rings. The number of carboxylic acids is 2. The maximum Gasteiger partial charge on any atom is 0.339 e. The summed E-state index contributed by atoms with van der Waals surface area (Å²) in [5.41, 5.74) is -0.240. The van der Waals surface area contributed by atoms with Crippen LogP contribution in [0, 0.1) is 0 Å². The summed E-state index contributed by atoms with van der Waals surface area (Å²) in [4.78, 5) is 22.1. The Bertz CT molecular complexity index is 429. The number of carbonyl (C=O) groups is 2. The fraction of sp³-hybridized carbons (Fsp3) is 0.333. The van der Waals surface area contributed by atoms with Gasteiger partial charge in [-0.15, -0.1) is 12.4 Å². The second-order valence-electron chi connectivity index (χ2n) is 3.30. The molecule has 19 heavy (non-hydrogen) atoms. The second kappa shape index (κ2) is 7.48. The highest BCUT2D eigenvalue weighted by atomic mass is 35.5. The molecule has 0 heterocycles. The topological polar surface area (TPSA) is 93.1 Å². The smallest absolute Gasteiger partial charge is 0.339 e. The van der Waals surface area contributed by atoms with Gasteiger partial charge in [0.25, 0.3) is 0 Å². The first kappa shape index (κ1) is 17.1. The molecule has 0 fully saturated rings. The van der Waals surface area contributed by atoms with Crippen LogP contribution in [0.3, 0.4) is 0 Å². The molecule has 106 valence electrons. The third-order valence-corrected chi connectivity index (χ3v) is 2.15. The highest BCUT2D eigenvalue weighted by Gasteiger charge is 2.23. The molecule has 1 aromatic carbocycles. The molecular weight excluding hydrogens is 276 g/mol. The van der Waals surface area contributed by atoms with Crippen LogP contribution in [0.2, 0.25) is 0 Å². The minimum Gasteiger partial charge on any atom is -0.489 e. The van der Waals surface area contributed by atoms with Gasteiger partial charge in [-0.2, -0.15) is 0 Å². The van der Waals surface area contributed by atoms with Gasteiger partial charge in [0.15, 0.2) is 11.5 Å². The van der Waals surface area contributed by atoms with Gasteiger partial charge in [0.05, 0.1) is 13.2 Å². The Balaban J connectivity index is 0.00000324. The molecule has 0 unspecified atom stereocenters. The van der Waals surface area contributed by atoms with E-state index in [9.17, 15) is 9.59 Å². The zero-order chi connectivity index (χ0) is 13.7. The van der Waals surface area contributed by atoms with E-state index in [0.717, 1.165) is 0 Å². The van der Waals surface area contributed by atoms with Gasteiger partial charge < -0.3 is 19.7 Å². The third-order valence-electron chi connectivity index (χ3n) is 2.15. The number of rotatable bonds is 6. The Hall–Kier alpha value is -1.95. The average molecular weight is 291 g/mol. The Labute approximate surface area is 116 Å². The van der Waals surface area contributed by atoms with Crippen molar-refractivity contribution in [1.82, 2.24) is 0 Å². The molecule has 1 aromatic rings. The minimum absolute atomic E-state index is 0. The summed E-state index contributed by atoms with van der Waals surface area (Å²) in [5.74, 6) is -2.49. The first-order chi connectivity index (χ1) is 8.52. The van der Waals surface area contributed by atoms with Crippen LogP contribution in [0.5, 0.6) is 11.5 Å². The molecule has 1 rings (SSSR count). The van der Waals surface area contributed by atoms with Crippen molar-refractivity contribution >= 4 is 24.3 Å². The molecule has 0 radical (unpaired) electrons. The van der Waals surface area contributed by atoms with Gasteiger partial charge >= 0.3 is 11.9 Å². The van der Waals surface area contributed by atoms with Crippen LogP contribution in [0.25, 0.3) is 0 Å². The van der Waals surface area contributed by atoms with Crippen molar-refractivity contribution in [3.63, 3.8) is 0 Å². The number of aromatic carboxylic acids is 2. The quantitative estimate of drug-likeness (QED) is 0.835. The zero-order valence-corrected chi connectivity index (χ0v) is 11.3. The van der Waals surface area contributed by atoms with E-state index in [1.54, 1.807) is 13.8 Å². The lowest BCUT2D eigenvalue weighted by Crippen LogP contribution is -2.10. The molecule has 7 heteroatoms. The molecule has 0 saturated carbocycles. The van der Waals surface area contributed by atoms with Crippen molar-refractivity contribution in [3.8, 4) is 11.5 Å². The third kappa shape index (κ3) is 3.75. The lowest BCUT2D eigenvalue weighted by Gasteiger charge is -2.15. The van der Waals surface area contributed by atoms with E-state index in [4.69, 9.17) is 19.7 Å². The first-order valence-electron chi connectivity index (χ1n) is 5.42. The van der Waals surface area contributed by atoms with E-state index < -0.39 is 11.9 Å². The largest absolute Gasteiger partial charge is 0.489 e. The lowest BCUT2D eigenvalue weighted by molar-refractivity contribution is 0.0672. The predicted octanol–water partition coefficient (Wildman–Crippen LogP) is 2.30. The Kier molecular flexibility index (Phi) is 6.71. The fourth-order valence-corrected chi connectivity index (χ4v) is 1.47. The maximum absolute atomic E-state index is 11.1. The molecular formula is C12H15ClO6. The molecule has 0 amide bonds. The standard InChI is InChI=1S/C12H14O6.ClH/c1-3-17-9-7(11(13)14)5-6-8(12(15)16)10(9)18-4-2;/h5-6H,3-4H2,1-2H3,(H,13,14)(H,15,16);1H. The lowest BCUT2D eigenvalue weighted by atomic mass is 10.1. The van der Waals surface area contributed by atoms with Crippen molar-refractivity contribution in [2.75, 3.05) is 13.2 Å². The number of hydrogen-bond donors (Lipinski definition) is 2. The number of carboxylic acid groups (broad SMARTS) is 2. The highest BCUT2D eigenvalue weighted by Crippen LogP contribution is 2.35. The van der Waals surface area contributed by atoms with Crippen molar-refractivity contribution in [2.24, 2.45) is 0 Å². The summed E-state index contributed by atoms with van der Waals surface area (Å²) in [6, 6.07) is 2.39. The van der Waals surface area contributed by atoms with Gasteiger partial charge in [0.2, 0.25) is 0 Å². The van der Waals surface area contributed by atoms with Crippen LogP contribution in [-0.4, -0.2) is 35.4 Å². The monoisotopic (exact) mass is 290 g/mol. The van der Waals surface area contributed by atoms with Gasteiger partial charge in [-0.1, -0.05) is 0 Å². The highest BCUT2D eigenvalue weighted by molar-refractivity contribution is 5.98. The van der Waals surface area contributed by atoms with Crippen LogP contribution < -0.4 is 9.47 Å². The number of ether oxygens (including phenoxy) is 2. The Morgan fingerprint density at radius 1 is 0.947 bits per heavy atom. The van der Waals surface area contributed by atoms with Gasteiger partial charge in [0.1, 0.15) is 11.1 Å². The summed E-state index contributed by atoms with van der Waals surface area (Å²) in [6.45, 7) is 3.77. The summed E-state index contributed by atoms with van der Waals surface area (Å²) in [5, 5.41) is 18.1. The van der Waals surface area contributed by atoms with Crippen LogP contribution >= 0.6 is 12.4 Å². The predicted molar refractivity (Wildman–Crippen MR) is 69.9 cm³/mol. The Morgan fingerprint density at radius 3 is 1.47 bits per heavy atom. The van der Waals surface area contributed by atoms with E-state index in [2.05, 4.69) is 0 Å². The molecule has 0 spiro atoms. The number of hydrogen-bond acceptors (Lipinski definition) is 4. The van der Waals surface area contributed by atoms with Crippen LogP contribution in [0.15, 0.2) is 12.1 Å². The molecule has 6 nitrogen and oxygen atoms in total. The number of benzene rings is 1. The molecule has 0 saturated heterocycles. The van der Waals surface area contributed by atoms with Gasteiger partial charge in [0, 0.05) is 0 Å². The summed E-state index contributed by atoms with van der Waals surface area (Å²) in [7, 11) is 0. The zero-order valence-electron chi connectivity index (χ0n) is 10.5. The van der Waals surface area contributed by atoms with Gasteiger partial charge in [-0.05, 0) is 26.0 Å². The summed E-state index contributed by atoms with van der Waals surface area (Å²) < 4.78 is 10.4. The molecule has 2 N–H and O–H groups in total. The van der Waals surface area contributed by atoms with Crippen molar-refractivity contribution in [2.45, 2.75) is 13.8 Å². The van der Waals surface area contributed by atoms with E-state index >= 15 is 0 Å². The normalized spacial score (nSPS) is 9.37. The second-order valence-corrected chi connectivity index (χ2v) is 3.30. The van der Waals surface area contributed by atoms with Crippen LogP contribution in [0.4, 0.5) is 0 Å². The molecule has 0 bridgehead atoms. The van der Waals surface area contributed by atoms with E-state index in [0.29, 0.717) is 0 Å². The van der Waals surface area contributed by atoms with Gasteiger partial charge in [-0.25, -0.2) is 9.59 Å². The fourth-order valence-electron chi connectivity index (χ4n) is 1.47. The SMILES string of the molecule is CCOc1c(C(=O)O)ccc(C(=O)O)c1OCC.Cl. The molecule has 0 aliphatic carbocycles. The molecule has 0 atom stereocenters. The first-order valence-corrected chi connectivity index (χ1v) is 5.42. The van der Waals surface area contributed by atoms with E-state index in [1.807, 2.05) is 0 Å².